The lowest BCUT2D eigenvalue weighted by molar-refractivity contribution is -0.148. The van der Waals surface area contributed by atoms with Gasteiger partial charge in [-0.2, -0.15) is 0 Å². The number of para-hydroxylation sites is 1. The molecule has 7 heteroatoms. The van der Waals surface area contributed by atoms with E-state index in [0.717, 1.165) is 19.3 Å². The van der Waals surface area contributed by atoms with Crippen molar-refractivity contribution in [3.63, 3.8) is 0 Å². The van der Waals surface area contributed by atoms with Gasteiger partial charge >= 0.3 is 0 Å². The zero-order valence-corrected chi connectivity index (χ0v) is 17.0. The van der Waals surface area contributed by atoms with E-state index >= 15 is 0 Å². The first-order chi connectivity index (χ1) is 13.4. The standard InChI is InChI=1S/C21H22Cl2N2O3/c1-14(28-18-5-3-2-4-17(18)23)24-20-11-21(12-20,13-20)25-19(26)10-27-16-8-6-15(22)7-9-16/h2-9,14,24H,10-13H2,1H3,(H,25,26). The van der Waals surface area contributed by atoms with Crippen LogP contribution in [0, 0.1) is 0 Å². The third kappa shape index (κ3) is 4.07. The molecule has 3 aliphatic carbocycles. The molecule has 3 fully saturated rings. The van der Waals surface area contributed by atoms with Crippen molar-refractivity contribution in [2.45, 2.75) is 43.5 Å². The minimum atomic E-state index is -0.165. The van der Waals surface area contributed by atoms with Gasteiger partial charge in [0.1, 0.15) is 17.7 Å². The molecule has 0 heterocycles. The van der Waals surface area contributed by atoms with Crippen LogP contribution in [0.3, 0.4) is 0 Å². The van der Waals surface area contributed by atoms with E-state index in [2.05, 4.69) is 10.6 Å². The van der Waals surface area contributed by atoms with Crippen LogP contribution in [-0.2, 0) is 4.79 Å². The van der Waals surface area contributed by atoms with Gasteiger partial charge in [-0.25, -0.2) is 0 Å². The van der Waals surface area contributed by atoms with Gasteiger partial charge < -0.3 is 14.8 Å². The highest BCUT2D eigenvalue weighted by atomic mass is 35.5. The highest BCUT2D eigenvalue weighted by molar-refractivity contribution is 6.32. The average Bonchev–Trinajstić information content (AvgIpc) is 2.60. The fourth-order valence-corrected chi connectivity index (χ4v) is 4.58. The molecule has 1 amide bonds. The van der Waals surface area contributed by atoms with Crippen molar-refractivity contribution in [1.29, 1.82) is 0 Å². The number of hydrogen-bond acceptors (Lipinski definition) is 4. The number of ether oxygens (including phenoxy) is 2. The number of carbonyl (C=O) groups is 1. The summed E-state index contributed by atoms with van der Waals surface area (Å²) >= 11 is 12.0. The van der Waals surface area contributed by atoms with Crippen molar-refractivity contribution in [2.75, 3.05) is 6.61 Å². The van der Waals surface area contributed by atoms with Crippen LogP contribution >= 0.6 is 23.2 Å². The first-order valence-corrected chi connectivity index (χ1v) is 10.0. The van der Waals surface area contributed by atoms with Gasteiger partial charge in [0.25, 0.3) is 5.91 Å². The van der Waals surface area contributed by atoms with Crippen LogP contribution in [0.1, 0.15) is 26.2 Å². The summed E-state index contributed by atoms with van der Waals surface area (Å²) in [7, 11) is 0. The fraction of sp³-hybridized carbons (Fsp3) is 0.381. The lowest BCUT2D eigenvalue weighted by Gasteiger charge is -2.71. The Hall–Kier alpha value is -1.95. The van der Waals surface area contributed by atoms with E-state index < -0.39 is 0 Å². The minimum Gasteiger partial charge on any atom is -0.484 e. The SMILES string of the molecule is CC(NC12CC(NC(=O)COc3ccc(Cl)cc3)(C1)C2)Oc1ccccc1Cl. The number of carbonyl (C=O) groups excluding carboxylic acids is 1. The van der Waals surface area contributed by atoms with Crippen LogP contribution in [0.2, 0.25) is 10.0 Å². The van der Waals surface area contributed by atoms with Gasteiger partial charge in [0.15, 0.2) is 6.61 Å². The number of rotatable bonds is 8. The van der Waals surface area contributed by atoms with Crippen molar-refractivity contribution in [2.24, 2.45) is 0 Å². The molecular weight excluding hydrogens is 399 g/mol. The summed E-state index contributed by atoms with van der Waals surface area (Å²) in [6.07, 6.45) is 2.51. The number of nitrogens with one attached hydrogen (secondary N) is 2. The van der Waals surface area contributed by atoms with Crippen molar-refractivity contribution < 1.29 is 14.3 Å². The molecule has 0 spiro atoms. The summed E-state index contributed by atoms with van der Waals surface area (Å²) < 4.78 is 11.4. The molecule has 0 radical (unpaired) electrons. The molecule has 3 saturated carbocycles. The van der Waals surface area contributed by atoms with Crippen LogP contribution in [0.15, 0.2) is 48.5 Å². The molecular formula is C21H22Cl2N2O3. The molecule has 0 aromatic heterocycles. The second-order valence-corrected chi connectivity index (χ2v) is 8.56. The molecule has 0 saturated heterocycles. The van der Waals surface area contributed by atoms with E-state index in [4.69, 9.17) is 32.7 Å². The van der Waals surface area contributed by atoms with E-state index in [1.807, 2.05) is 25.1 Å². The lowest BCUT2D eigenvalue weighted by atomic mass is 9.44. The van der Waals surface area contributed by atoms with Crippen molar-refractivity contribution in [3.05, 3.63) is 58.6 Å². The van der Waals surface area contributed by atoms with Gasteiger partial charge in [0, 0.05) is 16.1 Å². The number of benzene rings is 2. The second kappa shape index (κ2) is 7.47. The van der Waals surface area contributed by atoms with Gasteiger partial charge in [-0.05, 0) is 62.6 Å². The van der Waals surface area contributed by atoms with E-state index in [9.17, 15) is 4.79 Å². The van der Waals surface area contributed by atoms with Crippen LogP contribution < -0.4 is 20.1 Å². The first kappa shape index (κ1) is 19.4. The maximum absolute atomic E-state index is 12.2. The van der Waals surface area contributed by atoms with Gasteiger partial charge in [0.2, 0.25) is 0 Å². The van der Waals surface area contributed by atoms with Gasteiger partial charge in [-0.15, -0.1) is 0 Å². The number of hydrogen-bond donors (Lipinski definition) is 2. The predicted octanol–water partition coefficient (Wildman–Crippen LogP) is 4.18. The maximum Gasteiger partial charge on any atom is 0.258 e. The monoisotopic (exact) mass is 420 g/mol. The molecule has 2 N–H and O–H groups in total. The number of halogens is 2. The predicted molar refractivity (Wildman–Crippen MR) is 109 cm³/mol. The Morgan fingerprint density at radius 1 is 1.07 bits per heavy atom. The summed E-state index contributed by atoms with van der Waals surface area (Å²) in [4.78, 5) is 12.2. The van der Waals surface area contributed by atoms with Crippen LogP contribution in [-0.4, -0.2) is 29.8 Å². The van der Waals surface area contributed by atoms with Crippen LogP contribution in [0.5, 0.6) is 11.5 Å². The van der Waals surface area contributed by atoms with E-state index in [-0.39, 0.29) is 29.8 Å². The van der Waals surface area contributed by atoms with Crippen LogP contribution in [0.4, 0.5) is 0 Å². The molecule has 2 bridgehead atoms. The van der Waals surface area contributed by atoms with Gasteiger partial charge in [0.05, 0.1) is 5.02 Å². The van der Waals surface area contributed by atoms with E-state index in [0.29, 0.717) is 21.5 Å². The molecule has 3 aliphatic rings. The Kier molecular flexibility index (Phi) is 5.17. The third-order valence-electron chi connectivity index (χ3n) is 5.27. The molecule has 28 heavy (non-hydrogen) atoms. The van der Waals surface area contributed by atoms with E-state index in [1.165, 1.54) is 0 Å². The number of amides is 1. The average molecular weight is 421 g/mol. The summed E-state index contributed by atoms with van der Waals surface area (Å²) in [6, 6.07) is 14.4. The molecule has 5 rings (SSSR count). The van der Waals surface area contributed by atoms with Gasteiger partial charge in [-0.3, -0.25) is 10.1 Å². The largest absolute Gasteiger partial charge is 0.484 e. The Bertz CT molecular complexity index is 852. The zero-order valence-electron chi connectivity index (χ0n) is 15.5. The normalized spacial score (nSPS) is 25.8. The molecule has 0 aliphatic heterocycles. The molecule has 148 valence electrons. The second-order valence-electron chi connectivity index (χ2n) is 7.72. The Balaban J connectivity index is 1.20. The Morgan fingerprint density at radius 2 is 1.75 bits per heavy atom. The Labute approximate surface area is 174 Å². The smallest absolute Gasteiger partial charge is 0.258 e. The summed E-state index contributed by atoms with van der Waals surface area (Å²) in [5.41, 5.74) is -0.0808. The van der Waals surface area contributed by atoms with E-state index in [1.54, 1.807) is 30.3 Å². The van der Waals surface area contributed by atoms with Crippen molar-refractivity contribution >= 4 is 29.1 Å². The zero-order chi connectivity index (χ0) is 19.8. The first-order valence-electron chi connectivity index (χ1n) is 9.25. The quantitative estimate of drug-likeness (QED) is 0.628. The maximum atomic E-state index is 12.2. The highest BCUT2D eigenvalue weighted by Gasteiger charge is 2.68. The minimum absolute atomic E-state index is 0.00414. The Morgan fingerprint density at radius 3 is 2.43 bits per heavy atom. The molecule has 2 aromatic rings. The van der Waals surface area contributed by atoms with Crippen molar-refractivity contribution in [1.82, 2.24) is 10.6 Å². The topological polar surface area (TPSA) is 59.6 Å². The summed E-state index contributed by atoms with van der Waals surface area (Å²) in [5, 5.41) is 7.86. The molecule has 1 atom stereocenters. The molecule has 1 unspecified atom stereocenters. The highest BCUT2D eigenvalue weighted by Crippen LogP contribution is 2.60. The lowest BCUT2D eigenvalue weighted by Crippen LogP contribution is -2.84. The van der Waals surface area contributed by atoms with Crippen molar-refractivity contribution in [3.8, 4) is 11.5 Å². The molecule has 5 nitrogen and oxygen atoms in total. The van der Waals surface area contributed by atoms with Gasteiger partial charge in [-0.1, -0.05) is 35.3 Å². The summed E-state index contributed by atoms with van der Waals surface area (Å²) in [6.45, 7) is 1.96. The fourth-order valence-electron chi connectivity index (χ4n) is 4.28. The van der Waals surface area contributed by atoms with Crippen LogP contribution in [0.25, 0.3) is 0 Å². The summed E-state index contributed by atoms with van der Waals surface area (Å²) in [5.74, 6) is 1.18. The molecule has 2 aromatic carbocycles. The third-order valence-corrected chi connectivity index (χ3v) is 5.83.